The molecule has 0 spiro atoms. The number of nitrogens with one attached hydrogen (secondary N) is 1. The predicted molar refractivity (Wildman–Crippen MR) is 79.9 cm³/mol. The topological polar surface area (TPSA) is 25.0 Å². The summed E-state index contributed by atoms with van der Waals surface area (Å²) in [7, 11) is 2.21. The van der Waals surface area contributed by atoms with Crippen LogP contribution in [0.5, 0.6) is 0 Å². The zero-order valence-electron chi connectivity index (χ0n) is 13.1. The maximum atomic E-state index is 3.68. The molecule has 2 heterocycles. The van der Waals surface area contributed by atoms with E-state index in [1.165, 1.54) is 39.3 Å². The van der Waals surface area contributed by atoms with Gasteiger partial charge in [-0.3, -0.25) is 9.80 Å². The number of likely N-dealkylation sites (N-methyl/N-ethyl adjacent to an activating group) is 1. The molecule has 2 saturated heterocycles. The van der Waals surface area contributed by atoms with E-state index in [1.807, 2.05) is 0 Å². The summed E-state index contributed by atoms with van der Waals surface area (Å²) in [6, 6.07) is 0.678. The Morgan fingerprint density at radius 1 is 0.737 bits per heavy atom. The lowest BCUT2D eigenvalue weighted by atomic mass is 10.2. The molecule has 1 N–H and O–H groups in total. The van der Waals surface area contributed by atoms with E-state index < -0.39 is 0 Å². The zero-order valence-corrected chi connectivity index (χ0v) is 13.1. The van der Waals surface area contributed by atoms with Crippen LogP contribution in [0.4, 0.5) is 0 Å². The fourth-order valence-corrected chi connectivity index (χ4v) is 2.92. The molecule has 0 aromatic heterocycles. The van der Waals surface area contributed by atoms with Gasteiger partial charge in [-0.2, -0.15) is 0 Å². The third-order valence-electron chi connectivity index (χ3n) is 4.50. The van der Waals surface area contributed by atoms with Crippen molar-refractivity contribution < 1.29 is 0 Å². The minimum absolute atomic E-state index is 0.458. The highest BCUT2D eigenvalue weighted by atomic mass is 15.6. The lowest BCUT2D eigenvalue weighted by Gasteiger charge is -2.42. The quantitative estimate of drug-likeness (QED) is 0.781. The molecule has 0 amide bonds. The van der Waals surface area contributed by atoms with Gasteiger partial charge in [0, 0.05) is 58.4 Å². The van der Waals surface area contributed by atoms with Gasteiger partial charge in [-0.05, 0) is 27.8 Å². The first-order valence-electron chi connectivity index (χ1n) is 7.74. The molecule has 2 rings (SSSR count). The van der Waals surface area contributed by atoms with E-state index in [1.54, 1.807) is 0 Å². The van der Waals surface area contributed by atoms with E-state index in [0.29, 0.717) is 12.2 Å². The van der Waals surface area contributed by atoms with Crippen molar-refractivity contribution in [1.29, 1.82) is 0 Å². The highest BCUT2D eigenvalue weighted by Gasteiger charge is 2.23. The second kappa shape index (κ2) is 6.99. The Kier molecular flexibility index (Phi) is 5.59. The molecular formula is C14H31N5. The second-order valence-electron chi connectivity index (χ2n) is 6.26. The van der Waals surface area contributed by atoms with E-state index in [-0.39, 0.29) is 0 Å². The molecule has 5 heteroatoms. The largest absolute Gasteiger partial charge is 0.304 e. The second-order valence-corrected chi connectivity index (χ2v) is 6.26. The number of rotatable bonds is 4. The minimum atomic E-state index is 0.458. The zero-order chi connectivity index (χ0) is 13.8. The van der Waals surface area contributed by atoms with Crippen LogP contribution in [0.1, 0.15) is 20.8 Å². The monoisotopic (exact) mass is 269 g/mol. The van der Waals surface area contributed by atoms with E-state index in [4.69, 9.17) is 0 Å². The average molecular weight is 269 g/mol. The van der Waals surface area contributed by atoms with Crippen LogP contribution in [0.25, 0.3) is 0 Å². The summed E-state index contributed by atoms with van der Waals surface area (Å²) in [5.41, 5.74) is 3.68. The lowest BCUT2D eigenvalue weighted by Crippen LogP contribution is -2.60. The van der Waals surface area contributed by atoms with Gasteiger partial charge in [0.25, 0.3) is 0 Å². The van der Waals surface area contributed by atoms with Crippen LogP contribution in [-0.2, 0) is 0 Å². The molecule has 1 unspecified atom stereocenters. The van der Waals surface area contributed by atoms with Crippen molar-refractivity contribution in [3.05, 3.63) is 0 Å². The molecule has 0 radical (unpaired) electrons. The summed E-state index contributed by atoms with van der Waals surface area (Å²) in [5.74, 6) is 0. The fraction of sp³-hybridized carbons (Fsp3) is 1.00. The molecule has 0 aromatic carbocycles. The number of hydrogen-bond donors (Lipinski definition) is 1. The average Bonchev–Trinajstić information content (AvgIpc) is 2.40. The molecular weight excluding hydrogens is 238 g/mol. The third kappa shape index (κ3) is 4.39. The molecule has 2 aliphatic heterocycles. The molecule has 112 valence electrons. The van der Waals surface area contributed by atoms with Gasteiger partial charge in [-0.15, -0.1) is 0 Å². The number of piperazine rings is 2. The number of nitrogens with zero attached hydrogens (tertiary/aromatic N) is 4. The predicted octanol–water partition coefficient (Wildman–Crippen LogP) is 0.110. The summed E-state index contributed by atoms with van der Waals surface area (Å²) in [6.45, 7) is 16.2. The molecule has 1 atom stereocenters. The molecule has 0 aromatic rings. The van der Waals surface area contributed by atoms with Crippen molar-refractivity contribution in [1.82, 2.24) is 25.1 Å². The summed E-state index contributed by atoms with van der Waals surface area (Å²) >= 11 is 0. The molecule has 0 bridgehead atoms. The van der Waals surface area contributed by atoms with Crippen LogP contribution in [0.3, 0.4) is 0 Å². The van der Waals surface area contributed by atoms with Crippen LogP contribution in [0.2, 0.25) is 0 Å². The van der Waals surface area contributed by atoms with Crippen LogP contribution in [0.15, 0.2) is 0 Å². The van der Waals surface area contributed by atoms with E-state index in [0.717, 1.165) is 13.1 Å². The van der Waals surface area contributed by atoms with E-state index in [2.05, 4.69) is 53.0 Å². The van der Waals surface area contributed by atoms with Gasteiger partial charge in [0.1, 0.15) is 0 Å². The van der Waals surface area contributed by atoms with Crippen LogP contribution < -0.4 is 5.43 Å². The van der Waals surface area contributed by atoms with Gasteiger partial charge in [-0.1, -0.05) is 0 Å². The van der Waals surface area contributed by atoms with Gasteiger partial charge in [0.05, 0.1) is 6.17 Å². The standard InChI is InChI=1S/C14H31N5/c1-13(2)17-9-11-19(12-10-17)15-14(3)18-7-5-16(4)6-8-18/h13-15H,5-12H2,1-4H3. The van der Waals surface area contributed by atoms with Gasteiger partial charge in [0.2, 0.25) is 0 Å². The van der Waals surface area contributed by atoms with Gasteiger partial charge in [0.15, 0.2) is 0 Å². The van der Waals surface area contributed by atoms with Crippen molar-refractivity contribution in [2.75, 3.05) is 59.4 Å². The smallest absolute Gasteiger partial charge is 0.0703 e. The first kappa shape index (κ1) is 15.2. The SMILES string of the molecule is CC(C)N1CCN(NC(C)N2CCN(C)CC2)CC1. The van der Waals surface area contributed by atoms with Crippen molar-refractivity contribution in [3.63, 3.8) is 0 Å². The van der Waals surface area contributed by atoms with Gasteiger partial charge in [-0.25, -0.2) is 10.4 Å². The fourth-order valence-electron chi connectivity index (χ4n) is 2.92. The van der Waals surface area contributed by atoms with Gasteiger partial charge >= 0.3 is 0 Å². The highest BCUT2D eigenvalue weighted by Crippen LogP contribution is 2.07. The van der Waals surface area contributed by atoms with Crippen molar-refractivity contribution in [2.24, 2.45) is 0 Å². The first-order chi connectivity index (χ1) is 9.06. The molecule has 2 aliphatic rings. The third-order valence-corrected chi connectivity index (χ3v) is 4.50. The van der Waals surface area contributed by atoms with E-state index >= 15 is 0 Å². The summed E-state index contributed by atoms with van der Waals surface area (Å²) in [6.07, 6.45) is 0.458. The molecule has 5 nitrogen and oxygen atoms in total. The minimum Gasteiger partial charge on any atom is -0.304 e. The summed E-state index contributed by atoms with van der Waals surface area (Å²) in [5, 5.41) is 2.40. The maximum Gasteiger partial charge on any atom is 0.0703 e. The van der Waals surface area contributed by atoms with Crippen molar-refractivity contribution in [2.45, 2.75) is 33.0 Å². The van der Waals surface area contributed by atoms with Crippen LogP contribution >= 0.6 is 0 Å². The molecule has 19 heavy (non-hydrogen) atoms. The van der Waals surface area contributed by atoms with Crippen LogP contribution in [-0.4, -0.2) is 91.3 Å². The number of hydrazine groups is 1. The Labute approximate surface area is 118 Å². The molecule has 2 fully saturated rings. The Hall–Kier alpha value is -0.200. The summed E-state index contributed by atoms with van der Waals surface area (Å²) < 4.78 is 0. The van der Waals surface area contributed by atoms with Crippen molar-refractivity contribution >= 4 is 0 Å². The summed E-state index contributed by atoms with van der Waals surface area (Å²) in [4.78, 5) is 7.51. The number of hydrogen-bond acceptors (Lipinski definition) is 5. The van der Waals surface area contributed by atoms with E-state index in [9.17, 15) is 0 Å². The van der Waals surface area contributed by atoms with Crippen molar-refractivity contribution in [3.8, 4) is 0 Å². The Balaban J connectivity index is 1.70. The first-order valence-corrected chi connectivity index (χ1v) is 7.74. The Morgan fingerprint density at radius 3 is 1.79 bits per heavy atom. The van der Waals surface area contributed by atoms with Gasteiger partial charge < -0.3 is 4.90 Å². The van der Waals surface area contributed by atoms with Crippen LogP contribution in [0, 0.1) is 0 Å². The molecule has 0 aliphatic carbocycles. The molecule has 0 saturated carbocycles. The highest BCUT2D eigenvalue weighted by molar-refractivity contribution is 4.76. The lowest BCUT2D eigenvalue weighted by molar-refractivity contribution is 0.0118. The Morgan fingerprint density at radius 2 is 1.26 bits per heavy atom. The normalized spacial score (nSPS) is 27.0. The maximum absolute atomic E-state index is 3.68. The Bertz CT molecular complexity index is 255.